The Morgan fingerprint density at radius 1 is 1.02 bits per heavy atom. The highest BCUT2D eigenvalue weighted by atomic mass is 16.2. The molecule has 2 amide bonds. The lowest BCUT2D eigenvalue weighted by Crippen LogP contribution is -2.35. The van der Waals surface area contributed by atoms with Gasteiger partial charge >= 0.3 is 0 Å². The van der Waals surface area contributed by atoms with E-state index in [1.165, 1.54) is 10.8 Å². The molecule has 0 fully saturated rings. The molecule has 11 heteroatoms. The fourth-order valence-corrected chi connectivity index (χ4v) is 3.85. The summed E-state index contributed by atoms with van der Waals surface area (Å²) in [6, 6.07) is 11.8. The average Bonchev–Trinajstić information content (AvgIpc) is 2.93. The molecule has 1 heterocycles. The number of carbonyl (C=O) groups is 2. The Balaban J connectivity index is 1.95. The van der Waals surface area contributed by atoms with E-state index in [2.05, 4.69) is 20.9 Å². The van der Waals surface area contributed by atoms with E-state index in [0.29, 0.717) is 28.1 Å². The van der Waals surface area contributed by atoms with Crippen molar-refractivity contribution in [3.05, 3.63) is 75.7 Å². The molecule has 0 aliphatic carbocycles. The summed E-state index contributed by atoms with van der Waals surface area (Å²) in [6.07, 6.45) is 3.05. The monoisotopic (exact) mass is 546 g/mol. The smallest absolute Gasteiger partial charge is 0.294 e. The fraction of sp³-hybridized carbons (Fsp3) is 0.345. The van der Waals surface area contributed by atoms with E-state index in [9.17, 15) is 14.4 Å². The first-order valence-electron chi connectivity index (χ1n) is 13.3. The molecule has 2 atom stereocenters. The Morgan fingerprint density at radius 3 is 2.33 bits per heavy atom. The second kappa shape index (κ2) is 13.4. The molecule has 2 aromatic carbocycles. The predicted molar refractivity (Wildman–Crippen MR) is 158 cm³/mol. The van der Waals surface area contributed by atoms with Gasteiger partial charge in [-0.3, -0.25) is 24.4 Å². The lowest BCUT2D eigenvalue weighted by Gasteiger charge is -2.18. The molecule has 8 N–H and O–H groups in total. The molecular weight excluding hydrogens is 508 g/mol. The van der Waals surface area contributed by atoms with Gasteiger partial charge in [-0.15, -0.1) is 0 Å². The van der Waals surface area contributed by atoms with Gasteiger partial charge in [0.05, 0.1) is 11.9 Å². The van der Waals surface area contributed by atoms with E-state index in [1.54, 1.807) is 42.5 Å². The van der Waals surface area contributed by atoms with Gasteiger partial charge in [-0.05, 0) is 50.5 Å². The van der Waals surface area contributed by atoms with Crippen molar-refractivity contribution in [3.8, 4) is 11.3 Å². The Bertz CT molecular complexity index is 1430. The predicted octanol–water partition coefficient (Wildman–Crippen LogP) is 2.83. The minimum absolute atomic E-state index is 0.00507. The van der Waals surface area contributed by atoms with Crippen molar-refractivity contribution in [2.45, 2.75) is 65.7 Å². The number of rotatable bonds is 12. The van der Waals surface area contributed by atoms with Crippen molar-refractivity contribution in [3.63, 3.8) is 0 Å². The molecule has 0 unspecified atom stereocenters. The number of nitrogen functional groups attached to an aromatic ring is 2. The van der Waals surface area contributed by atoms with Crippen LogP contribution in [0.2, 0.25) is 0 Å². The van der Waals surface area contributed by atoms with Crippen LogP contribution in [0.3, 0.4) is 0 Å². The normalized spacial score (nSPS) is 12.3. The van der Waals surface area contributed by atoms with Crippen molar-refractivity contribution < 1.29 is 9.59 Å². The lowest BCUT2D eigenvalue weighted by atomic mass is 10.1. The largest absolute Gasteiger partial charge is 0.399 e. The maximum atomic E-state index is 13.5. The number of hydrogen-bond donors (Lipinski definition) is 6. The molecule has 1 aromatic heterocycles. The summed E-state index contributed by atoms with van der Waals surface area (Å²) in [5.74, 6) is -0.583. The Labute approximate surface area is 233 Å². The number of nitrogens with zero attached hydrogens (tertiary/aromatic N) is 2. The highest BCUT2D eigenvalue weighted by Crippen LogP contribution is 2.23. The first-order chi connectivity index (χ1) is 19.0. The third-order valence-electron chi connectivity index (χ3n) is 6.61. The highest BCUT2D eigenvalue weighted by Gasteiger charge is 2.18. The third kappa shape index (κ3) is 7.68. The van der Waals surface area contributed by atoms with Gasteiger partial charge in [-0.1, -0.05) is 38.1 Å². The van der Waals surface area contributed by atoms with Crippen LogP contribution in [0.5, 0.6) is 0 Å². The molecule has 0 bridgehead atoms. The first kappa shape index (κ1) is 29.9. The van der Waals surface area contributed by atoms with Gasteiger partial charge in [0.25, 0.3) is 11.5 Å². The van der Waals surface area contributed by atoms with Gasteiger partial charge in [0, 0.05) is 41.0 Å². The van der Waals surface area contributed by atoms with Gasteiger partial charge in [0.1, 0.15) is 12.4 Å². The number of nitrogens with one attached hydrogen (secondary N) is 4. The number of amidine groups is 1. The number of nitrogens with two attached hydrogens (primary N) is 2. The fourth-order valence-electron chi connectivity index (χ4n) is 3.85. The van der Waals surface area contributed by atoms with Gasteiger partial charge in [-0.25, -0.2) is 4.98 Å². The summed E-state index contributed by atoms with van der Waals surface area (Å²) in [6.45, 7) is 7.75. The molecule has 0 aliphatic rings. The van der Waals surface area contributed by atoms with Gasteiger partial charge in [0.15, 0.2) is 5.82 Å². The lowest BCUT2D eigenvalue weighted by molar-refractivity contribution is -0.121. The number of aromatic nitrogens is 2. The molecule has 11 nitrogen and oxygen atoms in total. The van der Waals surface area contributed by atoms with Crippen LogP contribution in [0.1, 0.15) is 62.0 Å². The number of anilines is 2. The molecule has 3 rings (SSSR count). The summed E-state index contributed by atoms with van der Waals surface area (Å²) in [7, 11) is 0. The zero-order chi connectivity index (χ0) is 29.4. The van der Waals surface area contributed by atoms with E-state index in [0.717, 1.165) is 18.4 Å². The molecule has 0 spiro atoms. The minimum atomic E-state index is -0.466. The second-order valence-electron chi connectivity index (χ2n) is 9.85. The Morgan fingerprint density at radius 2 is 1.70 bits per heavy atom. The summed E-state index contributed by atoms with van der Waals surface area (Å²) in [5.41, 5.74) is 14.1. The van der Waals surface area contributed by atoms with E-state index in [4.69, 9.17) is 16.9 Å². The van der Waals surface area contributed by atoms with Crippen LogP contribution in [-0.4, -0.2) is 39.3 Å². The first-order valence-corrected chi connectivity index (χ1v) is 13.3. The standard InChI is InChI=1S/C29H38N8O3/c1-5-17(3)35-27-29(40)37(16-25(38)33-14-19-7-9-20(10-8-19)26(31)32)24(15-34-27)21-11-22(13-23(30)12-21)28(39)36-18(4)6-2/h7-13,15,17-18H,5-6,14,16,30H2,1-4H3,(H3,31,32)(H,33,38)(H,34,35)(H,36,39)/t17-,18-/m0/s1. The molecule has 40 heavy (non-hydrogen) atoms. The van der Waals surface area contributed by atoms with Gasteiger partial charge < -0.3 is 27.4 Å². The SMILES string of the molecule is CC[C@H](C)NC(=O)c1cc(N)cc(-c2cnc(N[C@@H](C)CC)c(=O)n2CC(=O)NCc2ccc(C(=N)N)cc2)c1. The van der Waals surface area contributed by atoms with Crippen LogP contribution < -0.4 is 33.0 Å². The average molecular weight is 547 g/mol. The third-order valence-corrected chi connectivity index (χ3v) is 6.61. The summed E-state index contributed by atoms with van der Waals surface area (Å²) in [4.78, 5) is 43.7. The molecule has 0 saturated heterocycles. The number of benzene rings is 2. The van der Waals surface area contributed by atoms with Gasteiger partial charge in [-0.2, -0.15) is 0 Å². The molecule has 0 saturated carbocycles. The number of amides is 2. The molecular formula is C29H38N8O3. The summed E-state index contributed by atoms with van der Waals surface area (Å²) in [5, 5.41) is 16.4. The molecule has 0 aliphatic heterocycles. The second-order valence-corrected chi connectivity index (χ2v) is 9.85. The van der Waals surface area contributed by atoms with Crippen molar-refractivity contribution in [2.24, 2.45) is 5.73 Å². The summed E-state index contributed by atoms with van der Waals surface area (Å²) < 4.78 is 1.33. The number of carbonyl (C=O) groups excluding carboxylic acids is 2. The van der Waals surface area contributed by atoms with Gasteiger partial charge in [0.2, 0.25) is 5.91 Å². The van der Waals surface area contributed by atoms with Crippen molar-refractivity contribution in [1.82, 2.24) is 20.2 Å². The van der Waals surface area contributed by atoms with Crippen LogP contribution >= 0.6 is 0 Å². The van der Waals surface area contributed by atoms with Crippen LogP contribution in [0.4, 0.5) is 11.5 Å². The van der Waals surface area contributed by atoms with E-state index in [1.807, 2.05) is 27.7 Å². The Kier molecular flexibility index (Phi) is 10.0. The highest BCUT2D eigenvalue weighted by molar-refractivity contribution is 5.97. The minimum Gasteiger partial charge on any atom is -0.399 e. The van der Waals surface area contributed by atoms with Crippen molar-refractivity contribution in [1.29, 1.82) is 5.41 Å². The molecule has 212 valence electrons. The van der Waals surface area contributed by atoms with E-state index in [-0.39, 0.29) is 42.7 Å². The van der Waals surface area contributed by atoms with E-state index < -0.39 is 11.5 Å². The van der Waals surface area contributed by atoms with Crippen molar-refractivity contribution in [2.75, 3.05) is 11.1 Å². The van der Waals surface area contributed by atoms with E-state index >= 15 is 0 Å². The zero-order valence-corrected chi connectivity index (χ0v) is 23.4. The maximum Gasteiger partial charge on any atom is 0.294 e. The van der Waals surface area contributed by atoms with Crippen LogP contribution in [-0.2, 0) is 17.9 Å². The van der Waals surface area contributed by atoms with Crippen LogP contribution in [0.25, 0.3) is 11.3 Å². The maximum absolute atomic E-state index is 13.5. The van der Waals surface area contributed by atoms with Crippen LogP contribution in [0.15, 0.2) is 53.5 Å². The number of hydrogen-bond acceptors (Lipinski definition) is 7. The van der Waals surface area contributed by atoms with Crippen LogP contribution in [0, 0.1) is 5.41 Å². The topological polar surface area (TPSA) is 181 Å². The Hall–Kier alpha value is -4.67. The molecule has 0 radical (unpaired) electrons. The molecule has 3 aromatic rings. The van der Waals surface area contributed by atoms with Crippen molar-refractivity contribution >= 4 is 29.2 Å². The quantitative estimate of drug-likeness (QED) is 0.115. The summed E-state index contributed by atoms with van der Waals surface area (Å²) >= 11 is 0. The zero-order valence-electron chi connectivity index (χ0n) is 23.4.